The average molecular weight is 1030 g/mol. The molecule has 378 valence electrons. The number of aliphatic imine (C=N–C) groups is 1. The van der Waals surface area contributed by atoms with Crippen LogP contribution in [0.1, 0.15) is 91.0 Å². The lowest BCUT2D eigenvalue weighted by molar-refractivity contribution is -0.122. The molecule has 0 bridgehead atoms. The summed E-state index contributed by atoms with van der Waals surface area (Å²) >= 11 is 3.10. The van der Waals surface area contributed by atoms with Crippen molar-refractivity contribution in [2.75, 3.05) is 90.9 Å². The summed E-state index contributed by atoms with van der Waals surface area (Å²) in [6, 6.07) is 6.78. The van der Waals surface area contributed by atoms with Crippen molar-refractivity contribution in [3.63, 3.8) is 0 Å². The van der Waals surface area contributed by atoms with Gasteiger partial charge < -0.3 is 54.3 Å². The molecule has 0 spiro atoms. The summed E-state index contributed by atoms with van der Waals surface area (Å²) in [7, 11) is 1.55. The molecule has 2 atom stereocenters. The number of unbranched alkanes of at least 4 members (excludes halogenated alkanes) is 2. The standard InChI is InChI=1S/C51H66BrN7O11/c1-6-13-55-49(63)40(52)26-47(61)53-14-10-11-46(60)54-15-19-68-21-20-67-18-12-48(62)59-32-37-23-34(3)31-58(37)51(65)39-24-35(4)43(28-42(39)59)69-16-8-7-9-17-70-45-27-41-38(25-44(45)66-5)50(64)57-30-33(2)22-36(57)29-56-41/h24-29,36-37H,2-3,6-23,30-32H2,1,4-5H3,(H,53,61)(H,54,60)(H,55,63)/b40-26+/t36-,37-/m0/s1. The summed E-state index contributed by atoms with van der Waals surface area (Å²) in [5, 5.41) is 8.09. The van der Waals surface area contributed by atoms with Crippen LogP contribution in [0.15, 0.2) is 64.1 Å². The quantitative estimate of drug-likeness (QED) is 0.0612. The summed E-state index contributed by atoms with van der Waals surface area (Å²) in [5.74, 6) is 0.197. The van der Waals surface area contributed by atoms with E-state index in [0.29, 0.717) is 105 Å². The van der Waals surface area contributed by atoms with Gasteiger partial charge in [-0.25, -0.2) is 0 Å². The van der Waals surface area contributed by atoms with Crippen LogP contribution in [0, 0.1) is 6.92 Å². The summed E-state index contributed by atoms with van der Waals surface area (Å²) in [5.41, 5.74) is 4.73. The number of fused-ring (bicyclic) bond motifs is 4. The van der Waals surface area contributed by atoms with Gasteiger partial charge in [0.1, 0.15) is 5.75 Å². The van der Waals surface area contributed by atoms with Crippen LogP contribution in [0.2, 0.25) is 0 Å². The first-order chi connectivity index (χ1) is 33.8. The predicted octanol–water partition coefficient (Wildman–Crippen LogP) is 5.48. The van der Waals surface area contributed by atoms with E-state index in [9.17, 15) is 28.8 Å². The molecule has 4 heterocycles. The van der Waals surface area contributed by atoms with Gasteiger partial charge in [-0.15, -0.1) is 0 Å². The number of rotatable bonds is 26. The number of carbonyl (C=O) groups excluding carboxylic acids is 6. The van der Waals surface area contributed by atoms with Crippen LogP contribution < -0.4 is 35.1 Å². The summed E-state index contributed by atoms with van der Waals surface area (Å²) in [6.45, 7) is 16.1. The van der Waals surface area contributed by atoms with Crippen LogP contribution in [0.5, 0.6) is 17.2 Å². The van der Waals surface area contributed by atoms with Crippen molar-refractivity contribution in [1.82, 2.24) is 25.8 Å². The van der Waals surface area contributed by atoms with Gasteiger partial charge in [-0.2, -0.15) is 0 Å². The van der Waals surface area contributed by atoms with Crippen molar-refractivity contribution in [2.45, 2.75) is 83.7 Å². The Kier molecular flexibility index (Phi) is 20.0. The van der Waals surface area contributed by atoms with Gasteiger partial charge in [0.15, 0.2) is 11.5 Å². The number of carbonyl (C=O) groups is 6. The number of benzene rings is 2. The molecule has 2 aromatic carbocycles. The molecule has 0 saturated carbocycles. The highest BCUT2D eigenvalue weighted by atomic mass is 79.9. The molecule has 2 saturated heterocycles. The molecule has 0 unspecified atom stereocenters. The molecule has 19 heteroatoms. The minimum atomic E-state index is -0.432. The minimum Gasteiger partial charge on any atom is -0.493 e. The molecular weight excluding hydrogens is 967 g/mol. The van der Waals surface area contributed by atoms with E-state index >= 15 is 0 Å². The molecule has 0 aromatic heterocycles. The fourth-order valence-electron chi connectivity index (χ4n) is 8.54. The molecular formula is C51H66BrN7O11. The number of ether oxygens (including phenoxy) is 5. The number of hydrogen-bond acceptors (Lipinski definition) is 12. The van der Waals surface area contributed by atoms with Crippen molar-refractivity contribution < 1.29 is 52.5 Å². The first-order valence-corrected chi connectivity index (χ1v) is 24.8. The average Bonchev–Trinajstić information content (AvgIpc) is 3.85. The molecule has 3 N–H and O–H groups in total. The van der Waals surface area contributed by atoms with Gasteiger partial charge in [0.25, 0.3) is 17.7 Å². The van der Waals surface area contributed by atoms with E-state index in [1.807, 2.05) is 19.9 Å². The Morgan fingerprint density at radius 3 is 2.24 bits per heavy atom. The Hall–Kier alpha value is -6.05. The van der Waals surface area contributed by atoms with E-state index in [1.165, 1.54) is 6.08 Å². The van der Waals surface area contributed by atoms with Gasteiger partial charge in [-0.05, 0) is 85.5 Å². The normalized spacial score (nSPS) is 17.3. The lowest BCUT2D eigenvalue weighted by atomic mass is 10.1. The summed E-state index contributed by atoms with van der Waals surface area (Å²) in [4.78, 5) is 87.1. The number of halogens is 1. The second-order valence-corrected chi connectivity index (χ2v) is 18.5. The van der Waals surface area contributed by atoms with Crippen LogP contribution in [-0.2, 0) is 28.7 Å². The van der Waals surface area contributed by atoms with Crippen molar-refractivity contribution in [3.05, 3.63) is 75.8 Å². The number of nitrogens with zero attached hydrogens (tertiary/aromatic N) is 4. The van der Waals surface area contributed by atoms with Crippen molar-refractivity contribution in [3.8, 4) is 17.2 Å². The molecule has 6 rings (SSSR count). The molecule has 0 aliphatic carbocycles. The highest BCUT2D eigenvalue weighted by Gasteiger charge is 2.40. The third-order valence-corrected chi connectivity index (χ3v) is 12.8. The number of nitrogens with one attached hydrogen (secondary N) is 3. The molecule has 18 nitrogen and oxygen atoms in total. The zero-order chi connectivity index (χ0) is 50.2. The molecule has 4 aliphatic rings. The van der Waals surface area contributed by atoms with Gasteiger partial charge in [-0.3, -0.25) is 33.8 Å². The third-order valence-electron chi connectivity index (χ3n) is 12.2. The van der Waals surface area contributed by atoms with E-state index in [1.54, 1.807) is 46.2 Å². The van der Waals surface area contributed by atoms with Gasteiger partial charge in [0, 0.05) is 70.1 Å². The third kappa shape index (κ3) is 14.5. The Morgan fingerprint density at radius 1 is 0.771 bits per heavy atom. The van der Waals surface area contributed by atoms with Gasteiger partial charge in [0.2, 0.25) is 17.7 Å². The number of anilines is 1. The van der Waals surface area contributed by atoms with E-state index in [4.69, 9.17) is 23.7 Å². The van der Waals surface area contributed by atoms with Crippen molar-refractivity contribution in [2.24, 2.45) is 4.99 Å². The molecule has 2 fully saturated rings. The molecule has 6 amide bonds. The van der Waals surface area contributed by atoms with Crippen LogP contribution in [0.25, 0.3) is 0 Å². The van der Waals surface area contributed by atoms with E-state index in [-0.39, 0.29) is 91.9 Å². The van der Waals surface area contributed by atoms with Gasteiger partial charge in [0.05, 0.1) is 92.2 Å². The second kappa shape index (κ2) is 26.2. The number of hydrogen-bond donors (Lipinski definition) is 3. The van der Waals surface area contributed by atoms with Crippen molar-refractivity contribution >= 4 is 69.0 Å². The topological polar surface area (TPSA) is 207 Å². The Bertz CT molecular complexity index is 2350. The lowest BCUT2D eigenvalue weighted by Crippen LogP contribution is -2.42. The Morgan fingerprint density at radius 2 is 1.49 bits per heavy atom. The largest absolute Gasteiger partial charge is 0.493 e. The highest BCUT2D eigenvalue weighted by molar-refractivity contribution is 9.12. The van der Waals surface area contributed by atoms with Crippen LogP contribution in [-0.4, -0.2) is 150 Å². The summed E-state index contributed by atoms with van der Waals surface area (Å²) in [6.07, 6.45) is 8.08. The monoisotopic (exact) mass is 1030 g/mol. The fraction of sp³-hybridized carbons (Fsp3) is 0.510. The second-order valence-electron chi connectivity index (χ2n) is 17.7. The van der Waals surface area contributed by atoms with Crippen LogP contribution in [0.4, 0.5) is 11.4 Å². The SMILES string of the molecule is C=C1C[C@H]2CN(C(=O)CCOCCOCCNC(=O)CCCNC(=O)/C=C(/Br)C(=O)NCCC)c3cc(OCCCCCOc4cc5c(cc4OC)C(=O)N4CC(=C)C[C@H]4C=N5)c(C)cc3C(=O)N2C1. The Labute approximate surface area is 418 Å². The smallest absolute Gasteiger partial charge is 0.258 e. The van der Waals surface area contributed by atoms with Gasteiger partial charge >= 0.3 is 0 Å². The van der Waals surface area contributed by atoms with E-state index in [2.05, 4.69) is 50.0 Å². The number of aryl methyl sites for hydroxylation is 1. The van der Waals surface area contributed by atoms with Crippen molar-refractivity contribution in [1.29, 1.82) is 0 Å². The summed E-state index contributed by atoms with van der Waals surface area (Å²) < 4.78 is 29.5. The lowest BCUT2D eigenvalue weighted by Gasteiger charge is -2.26. The molecule has 2 aromatic rings. The van der Waals surface area contributed by atoms with Gasteiger partial charge in [-0.1, -0.05) is 31.2 Å². The molecule has 4 aliphatic heterocycles. The minimum absolute atomic E-state index is 0.0873. The van der Waals surface area contributed by atoms with E-state index in [0.717, 1.165) is 42.4 Å². The van der Waals surface area contributed by atoms with Crippen LogP contribution >= 0.6 is 15.9 Å². The zero-order valence-electron chi connectivity index (χ0n) is 40.5. The maximum Gasteiger partial charge on any atom is 0.258 e. The maximum absolute atomic E-state index is 13.9. The Balaban J connectivity index is 0.903. The number of methoxy groups -OCH3 is 1. The first-order valence-electron chi connectivity index (χ1n) is 24.0. The van der Waals surface area contributed by atoms with E-state index < -0.39 is 5.91 Å². The molecule has 70 heavy (non-hydrogen) atoms. The highest BCUT2D eigenvalue weighted by Crippen LogP contribution is 2.40. The zero-order valence-corrected chi connectivity index (χ0v) is 42.1. The predicted molar refractivity (Wildman–Crippen MR) is 269 cm³/mol. The van der Waals surface area contributed by atoms with Crippen LogP contribution in [0.3, 0.4) is 0 Å². The number of amides is 6. The first kappa shape index (κ1) is 53.3. The fourth-order valence-corrected chi connectivity index (χ4v) is 8.89. The maximum atomic E-state index is 13.9. The molecule has 0 radical (unpaired) electrons.